The summed E-state index contributed by atoms with van der Waals surface area (Å²) in [6.07, 6.45) is 6.12. The molecule has 4 nitrogen and oxygen atoms in total. The van der Waals surface area contributed by atoms with Gasteiger partial charge in [-0.1, -0.05) is 0 Å². The standard InChI is InChI=1S/C15H20N4/c1-9(2)19-14(16)13(18-15(19)11-4-5-11)12-8-17-7-6-10(12)3/h6-9,11H,4-5,16H2,1-3H3. The number of nitrogens with zero attached hydrogens (tertiary/aromatic N) is 3. The first-order chi connectivity index (χ1) is 9.09. The van der Waals surface area contributed by atoms with Crippen molar-refractivity contribution in [3.63, 3.8) is 0 Å². The van der Waals surface area contributed by atoms with Crippen LogP contribution in [0.3, 0.4) is 0 Å². The highest BCUT2D eigenvalue weighted by molar-refractivity contribution is 5.73. The Kier molecular flexibility index (Phi) is 2.81. The van der Waals surface area contributed by atoms with Crippen LogP contribution >= 0.6 is 0 Å². The van der Waals surface area contributed by atoms with Crippen molar-refractivity contribution in [2.45, 2.75) is 45.6 Å². The number of hydrogen-bond donors (Lipinski definition) is 1. The van der Waals surface area contributed by atoms with E-state index in [9.17, 15) is 0 Å². The van der Waals surface area contributed by atoms with E-state index in [0.717, 1.165) is 28.5 Å². The smallest absolute Gasteiger partial charge is 0.132 e. The van der Waals surface area contributed by atoms with Crippen LogP contribution in [0.15, 0.2) is 18.5 Å². The van der Waals surface area contributed by atoms with Crippen molar-refractivity contribution in [3.8, 4) is 11.3 Å². The summed E-state index contributed by atoms with van der Waals surface area (Å²) in [5.74, 6) is 2.51. The third kappa shape index (κ3) is 2.01. The first-order valence-corrected chi connectivity index (χ1v) is 6.88. The van der Waals surface area contributed by atoms with Gasteiger partial charge in [0.1, 0.15) is 17.3 Å². The third-order valence-corrected chi connectivity index (χ3v) is 3.73. The van der Waals surface area contributed by atoms with E-state index >= 15 is 0 Å². The largest absolute Gasteiger partial charge is 0.383 e. The monoisotopic (exact) mass is 256 g/mol. The molecule has 100 valence electrons. The zero-order valence-corrected chi connectivity index (χ0v) is 11.7. The molecular weight excluding hydrogens is 236 g/mol. The summed E-state index contributed by atoms with van der Waals surface area (Å²) in [5, 5.41) is 0. The Morgan fingerprint density at radius 1 is 1.37 bits per heavy atom. The van der Waals surface area contributed by atoms with Crippen LogP contribution in [0, 0.1) is 6.92 Å². The van der Waals surface area contributed by atoms with E-state index < -0.39 is 0 Å². The van der Waals surface area contributed by atoms with E-state index in [1.54, 1.807) is 6.20 Å². The topological polar surface area (TPSA) is 56.7 Å². The molecule has 0 aliphatic heterocycles. The Balaban J connectivity index is 2.17. The van der Waals surface area contributed by atoms with Crippen molar-refractivity contribution >= 4 is 5.82 Å². The number of pyridine rings is 1. The van der Waals surface area contributed by atoms with E-state index in [1.807, 2.05) is 12.3 Å². The van der Waals surface area contributed by atoms with Gasteiger partial charge >= 0.3 is 0 Å². The van der Waals surface area contributed by atoms with E-state index in [2.05, 4.69) is 30.3 Å². The lowest BCUT2D eigenvalue weighted by atomic mass is 10.1. The van der Waals surface area contributed by atoms with Crippen molar-refractivity contribution in [2.75, 3.05) is 5.73 Å². The fraction of sp³-hybridized carbons (Fsp3) is 0.467. The van der Waals surface area contributed by atoms with Crippen molar-refractivity contribution in [3.05, 3.63) is 29.8 Å². The molecule has 0 saturated heterocycles. The van der Waals surface area contributed by atoms with Gasteiger partial charge in [0.25, 0.3) is 0 Å². The molecule has 1 fully saturated rings. The van der Waals surface area contributed by atoms with Gasteiger partial charge in [0, 0.05) is 29.9 Å². The molecule has 2 N–H and O–H groups in total. The zero-order chi connectivity index (χ0) is 13.6. The van der Waals surface area contributed by atoms with Gasteiger partial charge in [0.2, 0.25) is 0 Å². The first-order valence-electron chi connectivity index (χ1n) is 6.88. The molecule has 0 aromatic carbocycles. The number of anilines is 1. The Bertz CT molecular complexity index is 609. The van der Waals surface area contributed by atoms with Gasteiger partial charge in [-0.05, 0) is 45.2 Å². The van der Waals surface area contributed by atoms with E-state index in [4.69, 9.17) is 10.7 Å². The highest BCUT2D eigenvalue weighted by Gasteiger charge is 2.32. The molecule has 4 heteroatoms. The predicted molar refractivity (Wildman–Crippen MR) is 77.0 cm³/mol. The molecule has 0 amide bonds. The Morgan fingerprint density at radius 3 is 2.68 bits per heavy atom. The molecule has 2 heterocycles. The summed E-state index contributed by atoms with van der Waals surface area (Å²) < 4.78 is 2.18. The number of aromatic nitrogens is 3. The van der Waals surface area contributed by atoms with Crippen molar-refractivity contribution < 1.29 is 0 Å². The van der Waals surface area contributed by atoms with Crippen LogP contribution in [0.4, 0.5) is 5.82 Å². The van der Waals surface area contributed by atoms with Gasteiger partial charge in [0.15, 0.2) is 0 Å². The normalized spacial score (nSPS) is 15.2. The third-order valence-electron chi connectivity index (χ3n) is 3.73. The van der Waals surface area contributed by atoms with Crippen LogP contribution in [0.5, 0.6) is 0 Å². The molecule has 2 aromatic rings. The second-order valence-electron chi connectivity index (χ2n) is 5.63. The minimum atomic E-state index is 0.342. The second kappa shape index (κ2) is 4.37. The molecule has 0 atom stereocenters. The fourth-order valence-electron chi connectivity index (χ4n) is 2.55. The molecule has 2 aromatic heterocycles. The van der Waals surface area contributed by atoms with E-state index in [-0.39, 0.29) is 0 Å². The highest BCUT2D eigenvalue weighted by Crippen LogP contribution is 2.43. The van der Waals surface area contributed by atoms with Crippen LogP contribution in [0.25, 0.3) is 11.3 Å². The van der Waals surface area contributed by atoms with Gasteiger partial charge in [-0.2, -0.15) is 0 Å². The lowest BCUT2D eigenvalue weighted by Crippen LogP contribution is -2.09. The van der Waals surface area contributed by atoms with Gasteiger partial charge in [-0.3, -0.25) is 4.98 Å². The summed E-state index contributed by atoms with van der Waals surface area (Å²) in [5.41, 5.74) is 9.44. The lowest BCUT2D eigenvalue weighted by molar-refractivity contribution is 0.576. The summed E-state index contributed by atoms with van der Waals surface area (Å²) >= 11 is 0. The minimum Gasteiger partial charge on any atom is -0.383 e. The van der Waals surface area contributed by atoms with Crippen molar-refractivity contribution in [2.24, 2.45) is 0 Å². The minimum absolute atomic E-state index is 0.342. The molecular formula is C15H20N4. The average Bonchev–Trinajstić information content (AvgIpc) is 3.14. The molecule has 0 unspecified atom stereocenters. The predicted octanol–water partition coefficient (Wildman–Crippen LogP) is 3.29. The molecule has 0 radical (unpaired) electrons. The summed E-state index contributed by atoms with van der Waals surface area (Å²) in [6, 6.07) is 2.34. The molecule has 1 aliphatic rings. The molecule has 3 rings (SSSR count). The molecule has 0 spiro atoms. The van der Waals surface area contributed by atoms with Crippen LogP contribution in [-0.4, -0.2) is 14.5 Å². The van der Waals surface area contributed by atoms with Crippen LogP contribution in [-0.2, 0) is 0 Å². The zero-order valence-electron chi connectivity index (χ0n) is 11.7. The van der Waals surface area contributed by atoms with Crippen LogP contribution < -0.4 is 5.73 Å². The maximum Gasteiger partial charge on any atom is 0.132 e. The molecule has 1 saturated carbocycles. The molecule has 1 aliphatic carbocycles. The first kappa shape index (κ1) is 12.2. The summed E-state index contributed by atoms with van der Waals surface area (Å²) in [7, 11) is 0. The van der Waals surface area contributed by atoms with Crippen LogP contribution in [0.1, 0.15) is 50.0 Å². The highest BCUT2D eigenvalue weighted by atomic mass is 15.2. The number of nitrogens with two attached hydrogens (primary N) is 1. The van der Waals surface area contributed by atoms with Gasteiger partial charge in [0.05, 0.1) is 0 Å². The number of nitrogen functional groups attached to an aromatic ring is 1. The maximum atomic E-state index is 6.34. The quantitative estimate of drug-likeness (QED) is 0.916. The van der Waals surface area contributed by atoms with E-state index in [0.29, 0.717) is 12.0 Å². The Morgan fingerprint density at radius 2 is 2.11 bits per heavy atom. The van der Waals surface area contributed by atoms with E-state index in [1.165, 1.54) is 12.8 Å². The van der Waals surface area contributed by atoms with Crippen LogP contribution in [0.2, 0.25) is 0 Å². The summed E-state index contributed by atoms with van der Waals surface area (Å²) in [4.78, 5) is 9.02. The molecule has 19 heavy (non-hydrogen) atoms. The van der Waals surface area contributed by atoms with Gasteiger partial charge in [-0.15, -0.1) is 0 Å². The van der Waals surface area contributed by atoms with Gasteiger partial charge < -0.3 is 10.3 Å². The second-order valence-corrected chi connectivity index (χ2v) is 5.63. The lowest BCUT2D eigenvalue weighted by Gasteiger charge is -2.13. The number of rotatable bonds is 3. The maximum absolute atomic E-state index is 6.34. The molecule has 0 bridgehead atoms. The number of hydrogen-bond acceptors (Lipinski definition) is 3. The Hall–Kier alpha value is -1.84. The summed E-state index contributed by atoms with van der Waals surface area (Å²) in [6.45, 7) is 6.38. The van der Waals surface area contributed by atoms with Gasteiger partial charge in [-0.25, -0.2) is 4.98 Å². The SMILES string of the molecule is Cc1ccncc1-c1nc(C2CC2)n(C(C)C)c1N. The average molecular weight is 256 g/mol. The van der Waals surface area contributed by atoms with Crippen molar-refractivity contribution in [1.29, 1.82) is 0 Å². The number of aryl methyl sites for hydroxylation is 1. The fourth-order valence-corrected chi connectivity index (χ4v) is 2.55. The number of imidazole rings is 1. The van der Waals surface area contributed by atoms with Crippen molar-refractivity contribution in [1.82, 2.24) is 14.5 Å². The Labute approximate surface area is 113 Å².